The third-order valence-electron chi connectivity index (χ3n) is 6.55. The van der Waals surface area contributed by atoms with Crippen molar-refractivity contribution in [1.82, 2.24) is 14.7 Å². The Hall–Kier alpha value is -0.610. The van der Waals surface area contributed by atoms with E-state index in [9.17, 15) is 4.79 Å². The number of amides is 1. The number of likely N-dealkylation sites (tertiary alicyclic amines) is 1. The molecule has 1 saturated carbocycles. The standard InChI is InChI=1S/C19H35N3O/c1-14(2)16-5-7-17(8-6-16)22-10-9-20(13-19(22)23)18-11-21(12-18)15(3)4/h14-18H,5-13H2,1-4H3. The molecule has 0 spiro atoms. The molecule has 1 amide bonds. The molecule has 23 heavy (non-hydrogen) atoms. The van der Waals surface area contributed by atoms with E-state index in [-0.39, 0.29) is 0 Å². The normalized spacial score (nSPS) is 31.9. The molecule has 0 N–H and O–H groups in total. The van der Waals surface area contributed by atoms with Crippen LogP contribution in [0.1, 0.15) is 53.4 Å². The van der Waals surface area contributed by atoms with E-state index < -0.39 is 0 Å². The minimum atomic E-state index is 0.382. The van der Waals surface area contributed by atoms with Gasteiger partial charge >= 0.3 is 0 Å². The van der Waals surface area contributed by atoms with Crippen LogP contribution in [0.15, 0.2) is 0 Å². The first kappa shape index (κ1) is 17.2. The van der Waals surface area contributed by atoms with Crippen LogP contribution in [0.5, 0.6) is 0 Å². The van der Waals surface area contributed by atoms with Crippen LogP contribution < -0.4 is 0 Å². The molecule has 3 rings (SSSR count). The Kier molecular flexibility index (Phi) is 5.32. The molecule has 0 aromatic rings. The second-order valence-corrected chi connectivity index (χ2v) is 8.57. The highest BCUT2D eigenvalue weighted by Gasteiger charge is 2.38. The van der Waals surface area contributed by atoms with E-state index >= 15 is 0 Å². The fourth-order valence-corrected chi connectivity index (χ4v) is 4.62. The van der Waals surface area contributed by atoms with E-state index in [1.807, 2.05) is 0 Å². The molecule has 2 saturated heterocycles. The van der Waals surface area contributed by atoms with Gasteiger partial charge in [-0.15, -0.1) is 0 Å². The summed E-state index contributed by atoms with van der Waals surface area (Å²) in [6, 6.07) is 1.77. The molecule has 0 unspecified atom stereocenters. The molecule has 0 radical (unpaired) electrons. The van der Waals surface area contributed by atoms with Crippen LogP contribution in [0.2, 0.25) is 0 Å². The van der Waals surface area contributed by atoms with Gasteiger partial charge in [-0.25, -0.2) is 0 Å². The van der Waals surface area contributed by atoms with Crippen LogP contribution in [0, 0.1) is 11.8 Å². The molecule has 3 fully saturated rings. The molecule has 2 heterocycles. The molecule has 1 aliphatic carbocycles. The minimum absolute atomic E-state index is 0.382. The molecule has 0 aromatic carbocycles. The van der Waals surface area contributed by atoms with Gasteiger partial charge in [-0.05, 0) is 51.4 Å². The maximum absolute atomic E-state index is 12.6. The van der Waals surface area contributed by atoms with Crippen LogP contribution in [0.3, 0.4) is 0 Å². The van der Waals surface area contributed by atoms with Gasteiger partial charge in [-0.3, -0.25) is 14.6 Å². The topological polar surface area (TPSA) is 26.8 Å². The van der Waals surface area contributed by atoms with Gasteiger partial charge in [0, 0.05) is 44.3 Å². The summed E-state index contributed by atoms with van der Waals surface area (Å²) in [5.74, 6) is 2.05. The zero-order valence-electron chi connectivity index (χ0n) is 15.5. The summed E-state index contributed by atoms with van der Waals surface area (Å²) < 4.78 is 0. The smallest absolute Gasteiger partial charge is 0.237 e. The highest BCUT2D eigenvalue weighted by atomic mass is 16.2. The number of rotatable bonds is 4. The van der Waals surface area contributed by atoms with Crippen molar-refractivity contribution in [2.45, 2.75) is 71.5 Å². The Morgan fingerprint density at radius 2 is 1.57 bits per heavy atom. The lowest BCUT2D eigenvalue weighted by Crippen LogP contribution is -2.66. The van der Waals surface area contributed by atoms with E-state index in [1.54, 1.807) is 0 Å². The Labute approximate surface area is 142 Å². The van der Waals surface area contributed by atoms with E-state index in [4.69, 9.17) is 0 Å². The van der Waals surface area contributed by atoms with E-state index in [0.717, 1.165) is 38.0 Å². The summed E-state index contributed by atoms with van der Waals surface area (Å²) in [7, 11) is 0. The zero-order valence-corrected chi connectivity index (χ0v) is 15.5. The molecule has 4 heteroatoms. The third kappa shape index (κ3) is 3.74. The predicted molar refractivity (Wildman–Crippen MR) is 94.4 cm³/mol. The van der Waals surface area contributed by atoms with Crippen LogP contribution >= 0.6 is 0 Å². The number of hydrogen-bond donors (Lipinski definition) is 0. The van der Waals surface area contributed by atoms with Gasteiger partial charge in [0.05, 0.1) is 6.54 Å². The molecular weight excluding hydrogens is 286 g/mol. The minimum Gasteiger partial charge on any atom is -0.337 e. The van der Waals surface area contributed by atoms with Crippen molar-refractivity contribution in [3.05, 3.63) is 0 Å². The SMILES string of the molecule is CC(C)C1CCC(N2CCN(C3CN(C(C)C)C3)CC2=O)CC1. The molecule has 0 bridgehead atoms. The van der Waals surface area contributed by atoms with Gasteiger partial charge in [-0.1, -0.05) is 13.8 Å². The summed E-state index contributed by atoms with van der Waals surface area (Å²) in [5, 5.41) is 0. The maximum atomic E-state index is 12.6. The van der Waals surface area contributed by atoms with Gasteiger partial charge < -0.3 is 4.90 Å². The molecule has 4 nitrogen and oxygen atoms in total. The maximum Gasteiger partial charge on any atom is 0.237 e. The number of piperazine rings is 1. The summed E-state index contributed by atoms with van der Waals surface area (Å²) in [5.41, 5.74) is 0. The van der Waals surface area contributed by atoms with E-state index in [2.05, 4.69) is 42.4 Å². The van der Waals surface area contributed by atoms with Crippen molar-refractivity contribution in [3.8, 4) is 0 Å². The average molecular weight is 322 g/mol. The summed E-state index contributed by atoms with van der Waals surface area (Å²) in [4.78, 5) is 19.8. The summed E-state index contributed by atoms with van der Waals surface area (Å²) in [6.07, 6.45) is 5.06. The Morgan fingerprint density at radius 1 is 0.913 bits per heavy atom. The van der Waals surface area contributed by atoms with Crippen molar-refractivity contribution in [2.24, 2.45) is 11.8 Å². The van der Waals surface area contributed by atoms with Gasteiger partial charge in [0.25, 0.3) is 0 Å². The van der Waals surface area contributed by atoms with Crippen molar-refractivity contribution >= 4 is 5.91 Å². The molecule has 0 atom stereocenters. The molecule has 2 aliphatic heterocycles. The van der Waals surface area contributed by atoms with Crippen LogP contribution in [-0.2, 0) is 4.79 Å². The summed E-state index contributed by atoms with van der Waals surface area (Å²) >= 11 is 0. The quantitative estimate of drug-likeness (QED) is 0.796. The van der Waals surface area contributed by atoms with Gasteiger partial charge in [-0.2, -0.15) is 0 Å². The van der Waals surface area contributed by atoms with Gasteiger partial charge in [0.2, 0.25) is 5.91 Å². The number of carbonyl (C=O) groups excluding carboxylic acids is 1. The molecule has 132 valence electrons. The molecule has 3 aliphatic rings. The third-order valence-corrected chi connectivity index (χ3v) is 6.55. The average Bonchev–Trinajstić information content (AvgIpc) is 2.45. The van der Waals surface area contributed by atoms with Crippen LogP contribution in [-0.4, -0.2) is 71.5 Å². The lowest BCUT2D eigenvalue weighted by molar-refractivity contribution is -0.143. The van der Waals surface area contributed by atoms with Gasteiger partial charge in [0.1, 0.15) is 0 Å². The number of hydrogen-bond acceptors (Lipinski definition) is 3. The lowest BCUT2D eigenvalue weighted by Gasteiger charge is -2.50. The van der Waals surface area contributed by atoms with Crippen molar-refractivity contribution in [1.29, 1.82) is 0 Å². The Bertz CT molecular complexity index is 409. The van der Waals surface area contributed by atoms with Crippen LogP contribution in [0.25, 0.3) is 0 Å². The first-order valence-electron chi connectivity index (χ1n) is 9.73. The van der Waals surface area contributed by atoms with Gasteiger partial charge in [0.15, 0.2) is 0 Å². The second kappa shape index (κ2) is 7.10. The fraction of sp³-hybridized carbons (Fsp3) is 0.947. The zero-order chi connectivity index (χ0) is 16.6. The monoisotopic (exact) mass is 321 g/mol. The second-order valence-electron chi connectivity index (χ2n) is 8.57. The van der Waals surface area contributed by atoms with Crippen molar-refractivity contribution in [2.75, 3.05) is 32.7 Å². The Balaban J connectivity index is 1.46. The molecule has 0 aromatic heterocycles. The van der Waals surface area contributed by atoms with Crippen molar-refractivity contribution < 1.29 is 4.79 Å². The Morgan fingerprint density at radius 3 is 2.09 bits per heavy atom. The predicted octanol–water partition coefficient (Wildman–Crippen LogP) is 2.44. The largest absolute Gasteiger partial charge is 0.337 e. The van der Waals surface area contributed by atoms with Crippen LogP contribution in [0.4, 0.5) is 0 Å². The molecular formula is C19H35N3O. The number of nitrogens with zero attached hydrogens (tertiary/aromatic N) is 3. The highest BCUT2D eigenvalue weighted by molar-refractivity contribution is 5.79. The highest BCUT2D eigenvalue weighted by Crippen LogP contribution is 2.33. The number of carbonyl (C=O) groups is 1. The first-order chi connectivity index (χ1) is 11.0. The summed E-state index contributed by atoms with van der Waals surface area (Å²) in [6.45, 7) is 14.2. The fourth-order valence-electron chi connectivity index (χ4n) is 4.62. The van der Waals surface area contributed by atoms with E-state index in [1.165, 1.54) is 25.7 Å². The van der Waals surface area contributed by atoms with E-state index in [0.29, 0.717) is 30.6 Å². The first-order valence-corrected chi connectivity index (χ1v) is 9.73. The van der Waals surface area contributed by atoms with Crippen molar-refractivity contribution in [3.63, 3.8) is 0 Å². The lowest BCUT2D eigenvalue weighted by atomic mass is 9.79.